The molecular formula is C18H23N3O2. The molecule has 1 aromatic carbocycles. The van der Waals surface area contributed by atoms with Crippen LogP contribution in [0.25, 0.3) is 0 Å². The number of benzene rings is 1. The SMILES string of the molecule is CO[C@@H](C(=O)N1CCC[C@@H]1Cn1cc(C)cn1)c1ccccc1. The van der Waals surface area contributed by atoms with Crippen molar-refractivity contribution in [3.05, 3.63) is 53.9 Å². The second-order valence-corrected chi connectivity index (χ2v) is 6.09. The fourth-order valence-electron chi connectivity index (χ4n) is 3.26. The lowest BCUT2D eigenvalue weighted by molar-refractivity contribution is -0.143. The summed E-state index contributed by atoms with van der Waals surface area (Å²) in [6.45, 7) is 3.55. The van der Waals surface area contributed by atoms with Crippen LogP contribution in [-0.2, 0) is 16.1 Å². The molecule has 0 N–H and O–H groups in total. The van der Waals surface area contributed by atoms with Gasteiger partial charge in [-0.1, -0.05) is 30.3 Å². The fraction of sp³-hybridized carbons (Fsp3) is 0.444. The van der Waals surface area contributed by atoms with Crippen LogP contribution in [0.1, 0.15) is 30.1 Å². The summed E-state index contributed by atoms with van der Waals surface area (Å²) in [5, 5.41) is 4.34. The van der Waals surface area contributed by atoms with Crippen LogP contribution >= 0.6 is 0 Å². The first-order valence-electron chi connectivity index (χ1n) is 8.06. The van der Waals surface area contributed by atoms with E-state index in [9.17, 15) is 4.79 Å². The number of likely N-dealkylation sites (tertiary alicyclic amines) is 1. The number of aromatic nitrogens is 2. The Morgan fingerprint density at radius 2 is 2.17 bits per heavy atom. The Morgan fingerprint density at radius 3 is 2.83 bits per heavy atom. The van der Waals surface area contributed by atoms with Crippen molar-refractivity contribution in [3.8, 4) is 0 Å². The lowest BCUT2D eigenvalue weighted by Gasteiger charge is -2.28. The van der Waals surface area contributed by atoms with E-state index in [1.54, 1.807) is 7.11 Å². The third-order valence-electron chi connectivity index (χ3n) is 4.38. The van der Waals surface area contributed by atoms with Crippen LogP contribution in [0.3, 0.4) is 0 Å². The maximum Gasteiger partial charge on any atom is 0.256 e. The highest BCUT2D eigenvalue weighted by Gasteiger charge is 2.34. The largest absolute Gasteiger partial charge is 0.367 e. The summed E-state index contributed by atoms with van der Waals surface area (Å²) in [7, 11) is 1.59. The molecular weight excluding hydrogens is 290 g/mol. The standard InChI is InChI=1S/C18H23N3O2/c1-14-11-19-20(12-14)13-16-9-6-10-21(16)18(22)17(23-2)15-7-4-3-5-8-15/h3-5,7-8,11-12,16-17H,6,9-10,13H2,1-2H3/t16-,17-/m1/s1. The summed E-state index contributed by atoms with van der Waals surface area (Å²) in [6.07, 6.45) is 5.38. The van der Waals surface area contributed by atoms with E-state index in [-0.39, 0.29) is 11.9 Å². The van der Waals surface area contributed by atoms with Gasteiger partial charge in [0.15, 0.2) is 6.10 Å². The number of hydrogen-bond donors (Lipinski definition) is 0. The van der Waals surface area contributed by atoms with E-state index in [1.165, 1.54) is 0 Å². The summed E-state index contributed by atoms with van der Waals surface area (Å²) < 4.78 is 7.43. The van der Waals surface area contributed by atoms with E-state index in [4.69, 9.17) is 4.74 Å². The smallest absolute Gasteiger partial charge is 0.256 e. The van der Waals surface area contributed by atoms with Crippen LogP contribution in [0, 0.1) is 6.92 Å². The van der Waals surface area contributed by atoms with Crippen molar-refractivity contribution in [1.29, 1.82) is 0 Å². The quantitative estimate of drug-likeness (QED) is 0.852. The van der Waals surface area contributed by atoms with Crippen LogP contribution < -0.4 is 0 Å². The van der Waals surface area contributed by atoms with Crippen LogP contribution in [0.2, 0.25) is 0 Å². The molecule has 1 aliphatic rings. The van der Waals surface area contributed by atoms with Crippen LogP contribution in [0.4, 0.5) is 0 Å². The molecule has 1 aromatic heterocycles. The van der Waals surface area contributed by atoms with Gasteiger partial charge in [0.25, 0.3) is 5.91 Å². The molecule has 5 heteroatoms. The summed E-state index contributed by atoms with van der Waals surface area (Å²) in [5.74, 6) is 0.0464. The van der Waals surface area contributed by atoms with Gasteiger partial charge in [0.2, 0.25) is 0 Å². The molecule has 23 heavy (non-hydrogen) atoms. The average Bonchev–Trinajstić information content (AvgIpc) is 3.18. The van der Waals surface area contributed by atoms with E-state index in [2.05, 4.69) is 5.10 Å². The number of nitrogens with zero attached hydrogens (tertiary/aromatic N) is 3. The van der Waals surface area contributed by atoms with Crippen molar-refractivity contribution in [2.45, 2.75) is 38.5 Å². The van der Waals surface area contributed by atoms with Crippen molar-refractivity contribution < 1.29 is 9.53 Å². The lowest BCUT2D eigenvalue weighted by atomic mass is 10.1. The van der Waals surface area contributed by atoms with E-state index in [1.807, 2.05) is 59.2 Å². The Bertz CT molecular complexity index is 653. The third kappa shape index (κ3) is 3.45. The highest BCUT2D eigenvalue weighted by molar-refractivity contribution is 5.82. The summed E-state index contributed by atoms with van der Waals surface area (Å²) in [5.41, 5.74) is 2.04. The van der Waals surface area contributed by atoms with E-state index in [0.29, 0.717) is 0 Å². The Labute approximate surface area is 136 Å². The zero-order chi connectivity index (χ0) is 16.2. The summed E-state index contributed by atoms with van der Waals surface area (Å²) >= 11 is 0. The van der Waals surface area contributed by atoms with Gasteiger partial charge in [-0.05, 0) is 30.9 Å². The minimum atomic E-state index is -0.531. The number of hydrogen-bond acceptors (Lipinski definition) is 3. The first-order valence-corrected chi connectivity index (χ1v) is 8.06. The van der Waals surface area contributed by atoms with Crippen LogP contribution in [-0.4, -0.2) is 40.3 Å². The minimum absolute atomic E-state index is 0.0464. The molecule has 1 amide bonds. The first kappa shape index (κ1) is 15.7. The van der Waals surface area contributed by atoms with E-state index >= 15 is 0 Å². The van der Waals surface area contributed by atoms with Gasteiger partial charge in [0.05, 0.1) is 18.8 Å². The van der Waals surface area contributed by atoms with Gasteiger partial charge >= 0.3 is 0 Å². The molecule has 3 rings (SSSR count). The minimum Gasteiger partial charge on any atom is -0.367 e. The Morgan fingerprint density at radius 1 is 1.39 bits per heavy atom. The van der Waals surface area contributed by atoms with Crippen LogP contribution in [0.15, 0.2) is 42.7 Å². The van der Waals surface area contributed by atoms with Crippen LogP contribution in [0.5, 0.6) is 0 Å². The molecule has 1 saturated heterocycles. The second-order valence-electron chi connectivity index (χ2n) is 6.09. The van der Waals surface area contributed by atoms with Gasteiger partial charge in [-0.25, -0.2) is 0 Å². The highest BCUT2D eigenvalue weighted by Crippen LogP contribution is 2.26. The van der Waals surface area contributed by atoms with Crippen molar-refractivity contribution in [1.82, 2.24) is 14.7 Å². The maximum atomic E-state index is 13.0. The molecule has 1 fully saturated rings. The molecule has 5 nitrogen and oxygen atoms in total. The van der Waals surface area contributed by atoms with Crippen molar-refractivity contribution in [3.63, 3.8) is 0 Å². The number of rotatable bonds is 5. The van der Waals surface area contributed by atoms with Gasteiger partial charge in [-0.15, -0.1) is 0 Å². The summed E-state index contributed by atoms with van der Waals surface area (Å²) in [4.78, 5) is 14.9. The molecule has 0 aliphatic carbocycles. The lowest BCUT2D eigenvalue weighted by Crippen LogP contribution is -2.41. The Hall–Kier alpha value is -2.14. The molecule has 0 spiro atoms. The number of aryl methyl sites for hydroxylation is 1. The molecule has 0 saturated carbocycles. The predicted molar refractivity (Wildman–Crippen MR) is 87.9 cm³/mol. The Kier molecular flexibility index (Phi) is 4.76. The first-order chi connectivity index (χ1) is 11.2. The number of carbonyl (C=O) groups is 1. The van der Waals surface area contributed by atoms with E-state index in [0.717, 1.165) is 37.1 Å². The topological polar surface area (TPSA) is 47.4 Å². The molecule has 122 valence electrons. The Balaban J connectivity index is 1.74. The fourth-order valence-corrected chi connectivity index (χ4v) is 3.26. The molecule has 0 bridgehead atoms. The monoisotopic (exact) mass is 313 g/mol. The molecule has 0 radical (unpaired) electrons. The molecule has 2 aromatic rings. The van der Waals surface area contributed by atoms with E-state index < -0.39 is 6.10 Å². The number of ether oxygens (including phenoxy) is 1. The molecule has 2 heterocycles. The molecule has 0 unspecified atom stereocenters. The number of methoxy groups -OCH3 is 1. The highest BCUT2D eigenvalue weighted by atomic mass is 16.5. The van der Waals surface area contributed by atoms with Crippen molar-refractivity contribution in [2.24, 2.45) is 0 Å². The normalized spacial score (nSPS) is 19.0. The second kappa shape index (κ2) is 6.96. The number of carbonyl (C=O) groups excluding carboxylic acids is 1. The molecule has 1 aliphatic heterocycles. The third-order valence-corrected chi connectivity index (χ3v) is 4.38. The van der Waals surface area contributed by atoms with Gasteiger partial charge in [0.1, 0.15) is 0 Å². The number of amides is 1. The van der Waals surface area contributed by atoms with Gasteiger partial charge in [-0.2, -0.15) is 5.10 Å². The van der Waals surface area contributed by atoms with Crippen molar-refractivity contribution >= 4 is 5.91 Å². The zero-order valence-corrected chi connectivity index (χ0v) is 13.7. The average molecular weight is 313 g/mol. The summed E-state index contributed by atoms with van der Waals surface area (Å²) in [6, 6.07) is 9.87. The van der Waals surface area contributed by atoms with Gasteiger partial charge < -0.3 is 9.64 Å². The van der Waals surface area contributed by atoms with Crippen molar-refractivity contribution in [2.75, 3.05) is 13.7 Å². The van der Waals surface area contributed by atoms with Gasteiger partial charge in [-0.3, -0.25) is 9.48 Å². The molecule has 2 atom stereocenters. The van der Waals surface area contributed by atoms with Gasteiger partial charge in [0, 0.05) is 19.9 Å². The predicted octanol–water partition coefficient (Wildman–Crippen LogP) is 2.57. The zero-order valence-electron chi connectivity index (χ0n) is 13.7. The maximum absolute atomic E-state index is 13.0.